The average molecular weight is 439 g/mol. The van der Waals surface area contributed by atoms with Crippen molar-refractivity contribution in [3.05, 3.63) is 53.2 Å². The Kier molecular flexibility index (Phi) is 7.83. The molecule has 170 valence electrons. The number of amides is 2. The summed E-state index contributed by atoms with van der Waals surface area (Å²) < 4.78 is 11.4. The van der Waals surface area contributed by atoms with E-state index in [4.69, 9.17) is 9.47 Å². The van der Waals surface area contributed by atoms with E-state index >= 15 is 0 Å². The van der Waals surface area contributed by atoms with Crippen LogP contribution in [0.5, 0.6) is 11.5 Å². The topological polar surface area (TPSA) is 92.8 Å². The van der Waals surface area contributed by atoms with E-state index < -0.39 is 0 Å². The quantitative estimate of drug-likeness (QED) is 0.616. The van der Waals surface area contributed by atoms with E-state index in [0.717, 1.165) is 16.7 Å². The lowest BCUT2D eigenvalue weighted by molar-refractivity contribution is -0.125. The van der Waals surface area contributed by atoms with Crippen LogP contribution >= 0.6 is 0 Å². The van der Waals surface area contributed by atoms with Crippen LogP contribution in [0.1, 0.15) is 30.5 Å². The second-order valence-electron chi connectivity index (χ2n) is 8.11. The summed E-state index contributed by atoms with van der Waals surface area (Å²) in [6.07, 6.45) is 4.87. The number of nitrogens with one attached hydrogen (secondary N) is 2. The second-order valence-corrected chi connectivity index (χ2v) is 8.11. The van der Waals surface area contributed by atoms with Crippen LogP contribution in [0.2, 0.25) is 0 Å². The zero-order valence-corrected chi connectivity index (χ0v) is 19.0. The molecular formula is C24H30N4O4. The smallest absolute Gasteiger partial charge is 0.246 e. The third-order valence-corrected chi connectivity index (χ3v) is 4.89. The SMILES string of the molecule is COc1cccc(CN(C)C(=O)C=Cc2cnc3c(c2)CNCC(=O)N3)c1OCC(C)C. The fourth-order valence-corrected chi connectivity index (χ4v) is 3.24. The van der Waals surface area contributed by atoms with Crippen molar-refractivity contribution in [1.82, 2.24) is 15.2 Å². The fraction of sp³-hybridized carbons (Fsp3) is 0.375. The van der Waals surface area contributed by atoms with E-state index in [1.54, 1.807) is 31.3 Å². The number of benzene rings is 1. The summed E-state index contributed by atoms with van der Waals surface area (Å²) in [5.41, 5.74) is 2.54. The Bertz CT molecular complexity index is 1000. The number of methoxy groups -OCH3 is 1. The van der Waals surface area contributed by atoms with Crippen molar-refractivity contribution in [2.45, 2.75) is 26.9 Å². The number of hydrogen-bond acceptors (Lipinski definition) is 6. The van der Waals surface area contributed by atoms with Gasteiger partial charge in [0.05, 0.1) is 20.3 Å². The molecule has 3 rings (SSSR count). The molecule has 0 unspecified atom stereocenters. The number of nitrogens with zero attached hydrogens (tertiary/aromatic N) is 2. The first-order valence-corrected chi connectivity index (χ1v) is 10.6. The van der Waals surface area contributed by atoms with Crippen LogP contribution < -0.4 is 20.1 Å². The number of carbonyl (C=O) groups is 2. The van der Waals surface area contributed by atoms with Gasteiger partial charge >= 0.3 is 0 Å². The molecule has 1 aromatic carbocycles. The van der Waals surface area contributed by atoms with Gasteiger partial charge < -0.3 is 25.0 Å². The monoisotopic (exact) mass is 438 g/mol. The van der Waals surface area contributed by atoms with Crippen molar-refractivity contribution in [3.63, 3.8) is 0 Å². The highest BCUT2D eigenvalue weighted by Crippen LogP contribution is 2.32. The van der Waals surface area contributed by atoms with E-state index in [-0.39, 0.29) is 18.4 Å². The molecule has 2 amide bonds. The van der Waals surface area contributed by atoms with Gasteiger partial charge in [0.15, 0.2) is 11.5 Å². The van der Waals surface area contributed by atoms with E-state index in [1.165, 1.54) is 6.08 Å². The van der Waals surface area contributed by atoms with Crippen molar-refractivity contribution in [2.75, 3.05) is 32.6 Å². The van der Waals surface area contributed by atoms with Crippen LogP contribution in [-0.2, 0) is 22.7 Å². The maximum absolute atomic E-state index is 12.7. The molecule has 2 heterocycles. The van der Waals surface area contributed by atoms with Gasteiger partial charge in [-0.1, -0.05) is 26.0 Å². The van der Waals surface area contributed by atoms with Gasteiger partial charge in [-0.2, -0.15) is 0 Å². The molecule has 1 aromatic heterocycles. The molecule has 2 N–H and O–H groups in total. The summed E-state index contributed by atoms with van der Waals surface area (Å²) in [4.78, 5) is 30.3. The van der Waals surface area contributed by atoms with Crippen LogP contribution in [0.3, 0.4) is 0 Å². The lowest BCUT2D eigenvalue weighted by atomic mass is 10.1. The third kappa shape index (κ3) is 6.07. The highest BCUT2D eigenvalue weighted by molar-refractivity contribution is 5.93. The van der Waals surface area contributed by atoms with Gasteiger partial charge in [0.25, 0.3) is 0 Å². The molecule has 8 nitrogen and oxygen atoms in total. The molecule has 0 radical (unpaired) electrons. The first kappa shape index (κ1) is 23.3. The molecule has 0 spiro atoms. The molecule has 0 aliphatic carbocycles. The number of hydrogen-bond donors (Lipinski definition) is 2. The second kappa shape index (κ2) is 10.8. The molecule has 0 atom stereocenters. The predicted molar refractivity (Wildman–Crippen MR) is 123 cm³/mol. The van der Waals surface area contributed by atoms with Gasteiger partial charge in [-0.3, -0.25) is 9.59 Å². The van der Waals surface area contributed by atoms with Crippen molar-refractivity contribution < 1.29 is 19.1 Å². The van der Waals surface area contributed by atoms with Gasteiger partial charge in [0.2, 0.25) is 11.8 Å². The minimum absolute atomic E-state index is 0.120. The molecule has 1 aliphatic rings. The zero-order valence-electron chi connectivity index (χ0n) is 19.0. The summed E-state index contributed by atoms with van der Waals surface area (Å²) in [5.74, 6) is 1.96. The Morgan fingerprint density at radius 2 is 2.12 bits per heavy atom. The fourth-order valence-electron chi connectivity index (χ4n) is 3.24. The van der Waals surface area contributed by atoms with Crippen LogP contribution in [0.15, 0.2) is 36.5 Å². The normalized spacial score (nSPS) is 13.5. The standard InChI is InChI=1S/C24H30N4O4/c1-16(2)15-32-23-18(6-5-7-20(23)31-4)14-28(3)22(30)9-8-17-10-19-12-25-13-21(29)27-24(19)26-11-17/h5-11,16,25H,12-15H2,1-4H3,(H,26,27,29). The Hall–Kier alpha value is -3.39. The molecule has 0 saturated carbocycles. The minimum atomic E-state index is -0.149. The summed E-state index contributed by atoms with van der Waals surface area (Å²) >= 11 is 0. The van der Waals surface area contributed by atoms with Crippen LogP contribution in [0, 0.1) is 5.92 Å². The van der Waals surface area contributed by atoms with Gasteiger partial charge in [0.1, 0.15) is 5.82 Å². The van der Waals surface area contributed by atoms with Crippen LogP contribution in [0.25, 0.3) is 6.08 Å². The number of aromatic nitrogens is 1. The zero-order chi connectivity index (χ0) is 23.1. The highest BCUT2D eigenvalue weighted by Gasteiger charge is 2.16. The van der Waals surface area contributed by atoms with Crippen LogP contribution in [0.4, 0.5) is 5.82 Å². The Morgan fingerprint density at radius 3 is 2.88 bits per heavy atom. The molecule has 8 heteroatoms. The third-order valence-electron chi connectivity index (χ3n) is 4.89. The number of fused-ring (bicyclic) bond motifs is 1. The van der Waals surface area contributed by atoms with Gasteiger partial charge in [-0.15, -0.1) is 0 Å². The molecule has 0 saturated heterocycles. The minimum Gasteiger partial charge on any atom is -0.493 e. The van der Waals surface area contributed by atoms with Gasteiger partial charge in [0, 0.05) is 43.5 Å². The number of pyridine rings is 1. The van der Waals surface area contributed by atoms with E-state index in [2.05, 4.69) is 29.5 Å². The van der Waals surface area contributed by atoms with E-state index in [1.807, 2.05) is 24.3 Å². The molecule has 32 heavy (non-hydrogen) atoms. The summed E-state index contributed by atoms with van der Waals surface area (Å²) in [7, 11) is 3.35. The predicted octanol–water partition coefficient (Wildman–Crippen LogP) is 2.84. The summed E-state index contributed by atoms with van der Waals surface area (Å²) in [6, 6.07) is 7.58. The van der Waals surface area contributed by atoms with Gasteiger partial charge in [-0.25, -0.2) is 4.98 Å². The first-order valence-electron chi connectivity index (χ1n) is 10.6. The maximum atomic E-state index is 12.7. The summed E-state index contributed by atoms with van der Waals surface area (Å²) in [6.45, 7) is 5.88. The van der Waals surface area contributed by atoms with Gasteiger partial charge in [-0.05, 0) is 29.7 Å². The number of rotatable bonds is 8. The Morgan fingerprint density at radius 1 is 1.31 bits per heavy atom. The Labute approximate surface area is 188 Å². The van der Waals surface area contributed by atoms with Crippen LogP contribution in [-0.4, -0.2) is 49.0 Å². The average Bonchev–Trinajstić information content (AvgIpc) is 2.96. The number of ether oxygens (including phenoxy) is 2. The molecule has 0 bridgehead atoms. The Balaban J connectivity index is 1.70. The van der Waals surface area contributed by atoms with E-state index in [9.17, 15) is 9.59 Å². The van der Waals surface area contributed by atoms with Crippen molar-refractivity contribution in [2.24, 2.45) is 5.92 Å². The van der Waals surface area contributed by atoms with Crippen molar-refractivity contribution in [1.29, 1.82) is 0 Å². The molecular weight excluding hydrogens is 408 g/mol. The van der Waals surface area contributed by atoms with Crippen molar-refractivity contribution in [3.8, 4) is 11.5 Å². The number of likely N-dealkylation sites (N-methyl/N-ethyl adjacent to an activating group) is 1. The first-order chi connectivity index (χ1) is 15.4. The maximum Gasteiger partial charge on any atom is 0.246 e. The molecule has 1 aliphatic heterocycles. The number of para-hydroxylation sites is 1. The lowest BCUT2D eigenvalue weighted by Gasteiger charge is -2.20. The van der Waals surface area contributed by atoms with Crippen molar-refractivity contribution >= 4 is 23.7 Å². The summed E-state index contributed by atoms with van der Waals surface area (Å²) in [5, 5.41) is 5.81. The molecule has 0 fully saturated rings. The number of carbonyl (C=O) groups excluding carboxylic acids is 2. The number of anilines is 1. The highest BCUT2D eigenvalue weighted by atomic mass is 16.5. The largest absolute Gasteiger partial charge is 0.493 e. The lowest BCUT2D eigenvalue weighted by Crippen LogP contribution is -2.24. The van der Waals surface area contributed by atoms with E-state index in [0.29, 0.717) is 42.9 Å². The molecule has 2 aromatic rings.